The molecule has 0 atom stereocenters. The lowest BCUT2D eigenvalue weighted by Crippen LogP contribution is -2.37. The Bertz CT molecular complexity index is 826. The van der Waals surface area contributed by atoms with Crippen LogP contribution in [-0.2, 0) is 19.5 Å². The molecule has 0 aliphatic carbocycles. The predicted molar refractivity (Wildman–Crippen MR) is 122 cm³/mol. The quantitative estimate of drug-likeness (QED) is 0.300. The van der Waals surface area contributed by atoms with Gasteiger partial charge in [0.2, 0.25) is 0 Å². The molecule has 2 aromatic heterocycles. The van der Waals surface area contributed by atoms with Crippen molar-refractivity contribution < 1.29 is 0 Å². The average Bonchev–Trinajstić information content (AvgIpc) is 3.31. The van der Waals surface area contributed by atoms with E-state index in [4.69, 9.17) is 0 Å². The molecule has 144 valence electrons. The van der Waals surface area contributed by atoms with E-state index in [9.17, 15) is 0 Å². The first-order valence-corrected chi connectivity index (χ1v) is 9.50. The maximum Gasteiger partial charge on any atom is 0.191 e. The van der Waals surface area contributed by atoms with Gasteiger partial charge in [-0.15, -0.1) is 35.3 Å². The smallest absolute Gasteiger partial charge is 0.191 e. The highest BCUT2D eigenvalue weighted by Crippen LogP contribution is 2.08. The third-order valence-corrected chi connectivity index (χ3v) is 4.79. The Hall–Kier alpha value is -1.94. The van der Waals surface area contributed by atoms with Gasteiger partial charge in [-0.25, -0.2) is 9.97 Å². The third kappa shape index (κ3) is 6.94. The lowest BCUT2D eigenvalue weighted by molar-refractivity contribution is 0.782. The number of aryl methyl sites for hydroxylation is 1. The first kappa shape index (κ1) is 21.4. The van der Waals surface area contributed by atoms with Gasteiger partial charge in [0.25, 0.3) is 0 Å². The highest BCUT2D eigenvalue weighted by atomic mass is 127. The zero-order valence-electron chi connectivity index (χ0n) is 15.6. The van der Waals surface area contributed by atoms with E-state index in [1.165, 1.54) is 11.1 Å². The number of guanidine groups is 1. The molecule has 27 heavy (non-hydrogen) atoms. The molecule has 3 aromatic rings. The minimum absolute atomic E-state index is 0. The van der Waals surface area contributed by atoms with Crippen LogP contribution in [0.1, 0.15) is 21.8 Å². The van der Waals surface area contributed by atoms with E-state index < -0.39 is 0 Å². The van der Waals surface area contributed by atoms with Crippen LogP contribution in [-0.4, -0.2) is 34.1 Å². The molecular formula is C19H25IN6S. The van der Waals surface area contributed by atoms with Gasteiger partial charge in [-0.3, -0.25) is 4.99 Å². The van der Waals surface area contributed by atoms with Crippen molar-refractivity contribution in [2.75, 3.05) is 13.6 Å². The Labute approximate surface area is 181 Å². The van der Waals surface area contributed by atoms with Crippen molar-refractivity contribution in [2.24, 2.45) is 4.99 Å². The third-order valence-electron chi connectivity index (χ3n) is 3.97. The largest absolute Gasteiger partial charge is 0.356 e. The van der Waals surface area contributed by atoms with Crippen LogP contribution in [0, 0.1) is 6.92 Å². The van der Waals surface area contributed by atoms with Crippen LogP contribution in [0.4, 0.5) is 0 Å². The molecule has 6 nitrogen and oxygen atoms in total. The molecule has 2 heterocycles. The highest BCUT2D eigenvalue weighted by Gasteiger charge is 2.02. The number of benzene rings is 1. The summed E-state index contributed by atoms with van der Waals surface area (Å²) >= 11 is 1.69. The van der Waals surface area contributed by atoms with E-state index in [1.807, 2.05) is 19.4 Å². The number of imidazole rings is 1. The van der Waals surface area contributed by atoms with Crippen molar-refractivity contribution in [3.8, 4) is 0 Å². The number of aliphatic imine (C=N–C) groups is 1. The van der Waals surface area contributed by atoms with Gasteiger partial charge in [0.05, 0.1) is 17.0 Å². The fourth-order valence-electron chi connectivity index (χ4n) is 2.59. The zero-order chi connectivity index (χ0) is 18.2. The summed E-state index contributed by atoms with van der Waals surface area (Å²) in [5.41, 5.74) is 3.61. The van der Waals surface area contributed by atoms with Crippen LogP contribution in [0.2, 0.25) is 0 Å². The topological polar surface area (TPSA) is 67.1 Å². The molecule has 2 N–H and O–H groups in total. The molecule has 0 bridgehead atoms. The lowest BCUT2D eigenvalue weighted by Gasteiger charge is -2.12. The Morgan fingerprint density at radius 2 is 1.96 bits per heavy atom. The van der Waals surface area contributed by atoms with Crippen molar-refractivity contribution in [1.82, 2.24) is 25.2 Å². The molecule has 0 radical (unpaired) electrons. The van der Waals surface area contributed by atoms with E-state index in [1.54, 1.807) is 24.6 Å². The van der Waals surface area contributed by atoms with Gasteiger partial charge in [-0.2, -0.15) is 0 Å². The molecule has 0 saturated carbocycles. The molecule has 8 heteroatoms. The second-order valence-electron chi connectivity index (χ2n) is 6.01. The summed E-state index contributed by atoms with van der Waals surface area (Å²) in [5.74, 6) is 0.805. The molecule has 0 aliphatic rings. The maximum absolute atomic E-state index is 4.47. The first-order valence-electron chi connectivity index (χ1n) is 8.62. The summed E-state index contributed by atoms with van der Waals surface area (Å²) in [4.78, 5) is 12.8. The number of nitrogens with one attached hydrogen (secondary N) is 2. The molecule has 0 fully saturated rings. The second kappa shape index (κ2) is 11.0. The van der Waals surface area contributed by atoms with Crippen LogP contribution in [0.15, 0.2) is 53.4 Å². The number of hydrogen-bond acceptors (Lipinski definition) is 4. The van der Waals surface area contributed by atoms with Crippen LogP contribution < -0.4 is 10.6 Å². The first-order chi connectivity index (χ1) is 12.7. The minimum atomic E-state index is 0. The molecule has 0 unspecified atom stereocenters. The van der Waals surface area contributed by atoms with Gasteiger partial charge in [0.1, 0.15) is 0 Å². The Balaban J connectivity index is 0.00000261. The van der Waals surface area contributed by atoms with Gasteiger partial charge in [-0.05, 0) is 18.1 Å². The number of hydrogen-bond donors (Lipinski definition) is 2. The summed E-state index contributed by atoms with van der Waals surface area (Å²) in [6.07, 6.45) is 6.50. The molecule has 1 aromatic carbocycles. The summed E-state index contributed by atoms with van der Waals surface area (Å²) in [7, 11) is 1.79. The molecule has 0 aliphatic heterocycles. The standard InChI is InChI=1S/C19H24N6S.HI/c1-15-24-18(13-26-15)7-8-22-19(20-2)23-11-16-3-5-17(6-4-16)12-25-10-9-21-14-25;/h3-6,9-10,13-14H,7-8,11-12H2,1-2H3,(H2,20,22,23);1H. The Kier molecular flexibility index (Phi) is 8.73. The van der Waals surface area contributed by atoms with Crippen LogP contribution >= 0.6 is 35.3 Å². The van der Waals surface area contributed by atoms with E-state index in [0.29, 0.717) is 0 Å². The second-order valence-corrected chi connectivity index (χ2v) is 7.07. The molecular weight excluding hydrogens is 471 g/mol. The molecule has 0 saturated heterocycles. The fraction of sp³-hybridized carbons (Fsp3) is 0.316. The van der Waals surface area contributed by atoms with Gasteiger partial charge in [0.15, 0.2) is 5.96 Å². The lowest BCUT2D eigenvalue weighted by atomic mass is 10.1. The van der Waals surface area contributed by atoms with E-state index in [-0.39, 0.29) is 24.0 Å². The molecule has 3 rings (SSSR count). The number of aromatic nitrogens is 3. The van der Waals surface area contributed by atoms with E-state index >= 15 is 0 Å². The average molecular weight is 496 g/mol. The Morgan fingerprint density at radius 1 is 1.19 bits per heavy atom. The zero-order valence-corrected chi connectivity index (χ0v) is 18.7. The maximum atomic E-state index is 4.47. The van der Waals surface area contributed by atoms with Crippen LogP contribution in [0.5, 0.6) is 0 Å². The normalized spacial score (nSPS) is 11.1. The highest BCUT2D eigenvalue weighted by molar-refractivity contribution is 14.0. The summed E-state index contributed by atoms with van der Waals surface area (Å²) in [6, 6.07) is 8.59. The van der Waals surface area contributed by atoms with Crippen molar-refractivity contribution in [3.05, 3.63) is 70.2 Å². The van der Waals surface area contributed by atoms with Gasteiger partial charge in [0, 0.05) is 50.9 Å². The van der Waals surface area contributed by atoms with Crippen molar-refractivity contribution in [3.63, 3.8) is 0 Å². The summed E-state index contributed by atoms with van der Waals surface area (Å²) < 4.78 is 2.06. The van der Waals surface area contributed by atoms with Gasteiger partial charge >= 0.3 is 0 Å². The summed E-state index contributed by atoms with van der Waals surface area (Å²) in [6.45, 7) is 4.42. The van der Waals surface area contributed by atoms with E-state index in [0.717, 1.165) is 42.7 Å². The van der Waals surface area contributed by atoms with Gasteiger partial charge < -0.3 is 15.2 Å². The number of rotatable bonds is 7. The predicted octanol–water partition coefficient (Wildman–Crippen LogP) is 3.22. The van der Waals surface area contributed by atoms with Crippen molar-refractivity contribution >= 4 is 41.3 Å². The fourth-order valence-corrected chi connectivity index (χ4v) is 3.24. The minimum Gasteiger partial charge on any atom is -0.356 e. The van der Waals surface area contributed by atoms with Crippen molar-refractivity contribution in [1.29, 1.82) is 0 Å². The number of nitrogens with zero attached hydrogens (tertiary/aromatic N) is 4. The molecule has 0 spiro atoms. The van der Waals surface area contributed by atoms with Crippen LogP contribution in [0.25, 0.3) is 0 Å². The SMILES string of the molecule is CN=C(NCCc1csc(C)n1)NCc1ccc(Cn2ccnc2)cc1.I. The summed E-state index contributed by atoms with van der Waals surface area (Å²) in [5, 5.41) is 9.90. The van der Waals surface area contributed by atoms with Crippen LogP contribution in [0.3, 0.4) is 0 Å². The van der Waals surface area contributed by atoms with E-state index in [2.05, 4.69) is 59.8 Å². The van der Waals surface area contributed by atoms with Crippen molar-refractivity contribution in [2.45, 2.75) is 26.4 Å². The Morgan fingerprint density at radius 3 is 2.59 bits per heavy atom. The monoisotopic (exact) mass is 496 g/mol. The van der Waals surface area contributed by atoms with Gasteiger partial charge in [-0.1, -0.05) is 24.3 Å². The number of halogens is 1. The molecule has 0 amide bonds. The number of thiazole rings is 1.